The molecular weight excluding hydrogens is 2260 g/mol. The summed E-state index contributed by atoms with van der Waals surface area (Å²) in [6, 6.07) is 17.0. The van der Waals surface area contributed by atoms with Gasteiger partial charge < -0.3 is 34.7 Å². The number of nitrogens with one attached hydrogen (secondary N) is 1. The first-order chi connectivity index (χ1) is 51.1. The van der Waals surface area contributed by atoms with E-state index in [0.717, 1.165) is 204 Å². The highest BCUT2D eigenvalue weighted by molar-refractivity contribution is 9.12. The maximum atomic E-state index is 13.7. The molecule has 580 valence electrons. The van der Waals surface area contributed by atoms with Gasteiger partial charge in [0.05, 0.1) is 49.2 Å². The lowest BCUT2D eigenvalue weighted by atomic mass is 9.96. The van der Waals surface area contributed by atoms with Gasteiger partial charge in [0, 0.05) is 98.5 Å². The van der Waals surface area contributed by atoms with Crippen LogP contribution >= 0.6 is 207 Å². The van der Waals surface area contributed by atoms with Gasteiger partial charge in [0.15, 0.2) is 29.1 Å². The Morgan fingerprint density at radius 3 is 1.14 bits per heavy atom. The van der Waals surface area contributed by atoms with Crippen LogP contribution in [0.1, 0.15) is 132 Å². The number of rotatable bonds is 5. The zero-order chi connectivity index (χ0) is 79.8. The predicted molar refractivity (Wildman–Crippen MR) is 464 cm³/mol. The summed E-state index contributed by atoms with van der Waals surface area (Å²) in [5.41, 5.74) is 12.7. The largest absolute Gasteiger partial charge is 0.382 e. The summed E-state index contributed by atoms with van der Waals surface area (Å²) in [5, 5.41) is 3.34. The van der Waals surface area contributed by atoms with Crippen LogP contribution in [0, 0.1) is 34.9 Å². The van der Waals surface area contributed by atoms with Crippen molar-refractivity contribution in [3.63, 3.8) is 0 Å². The molecule has 108 heavy (non-hydrogen) atoms. The maximum Gasteiger partial charge on any atom is 0.224 e. The minimum atomic E-state index is -0.306. The molecule has 1 N–H and O–H groups in total. The van der Waals surface area contributed by atoms with Crippen molar-refractivity contribution in [1.29, 1.82) is 0 Å². The van der Waals surface area contributed by atoms with E-state index in [1.807, 2.05) is 45.9 Å². The van der Waals surface area contributed by atoms with E-state index in [1.54, 1.807) is 59.7 Å². The number of hydrogen-bond donors (Lipinski definition) is 1. The summed E-state index contributed by atoms with van der Waals surface area (Å²) < 4.78 is 88.3. The van der Waals surface area contributed by atoms with E-state index in [0.29, 0.717) is 61.8 Å². The molecule has 13 nitrogen and oxygen atoms in total. The predicted octanol–water partition coefficient (Wildman–Crippen LogP) is 25.1. The van der Waals surface area contributed by atoms with Crippen molar-refractivity contribution < 1.29 is 55.1 Å². The van der Waals surface area contributed by atoms with Crippen LogP contribution in [-0.2, 0) is 73.7 Å². The van der Waals surface area contributed by atoms with E-state index < -0.39 is 0 Å². The van der Waals surface area contributed by atoms with Crippen LogP contribution in [0.25, 0.3) is 0 Å². The third kappa shape index (κ3) is 20.6. The third-order valence-electron chi connectivity index (χ3n) is 19.6. The normalized spacial score (nSPS) is 19.0. The Labute approximate surface area is 734 Å². The molecule has 0 fully saturated rings. The summed E-state index contributed by atoms with van der Waals surface area (Å²) in [7, 11) is 0. The molecule has 0 aromatic heterocycles. The van der Waals surface area contributed by atoms with Gasteiger partial charge in [-0.25, -0.2) is 26.3 Å². The van der Waals surface area contributed by atoms with Gasteiger partial charge in [-0.2, -0.15) is 0 Å². The first-order valence-electron chi connectivity index (χ1n) is 34.1. The molecule has 32 heteroatoms. The van der Waals surface area contributed by atoms with E-state index in [2.05, 4.69) is 226 Å². The number of fused-ring (bicyclic) bond motifs is 7. The van der Waals surface area contributed by atoms with Crippen LogP contribution in [0.3, 0.4) is 0 Å². The van der Waals surface area contributed by atoms with Crippen molar-refractivity contribution in [2.24, 2.45) is 0 Å². The summed E-state index contributed by atoms with van der Waals surface area (Å²) in [4.78, 5) is 76.7. The first-order valence-corrected chi connectivity index (χ1v) is 44.4. The van der Waals surface area contributed by atoms with Crippen molar-refractivity contribution >= 4 is 285 Å². The van der Waals surface area contributed by atoms with E-state index in [1.165, 1.54) is 18.6 Å². The lowest BCUT2D eigenvalue weighted by Crippen LogP contribution is -2.41. The van der Waals surface area contributed by atoms with E-state index in [9.17, 15) is 55.1 Å². The number of hydrogen-bond acceptors (Lipinski definition) is 7. The number of carbonyl (C=O) groups is 6. The molecule has 6 amide bonds. The second-order valence-corrected chi connectivity index (χ2v) is 37.4. The molecule has 7 aromatic carbocycles. The number of benzene rings is 7. The minimum absolute atomic E-state index is 0.0103. The van der Waals surface area contributed by atoms with Gasteiger partial charge in [-0.05, 0) is 400 Å². The molecule has 7 aromatic rings. The molecule has 0 bridgehead atoms. The lowest BCUT2D eigenvalue weighted by molar-refractivity contribution is -0.117. The zero-order valence-electron chi connectivity index (χ0n) is 59.0. The molecule has 7 heterocycles. The Morgan fingerprint density at radius 2 is 0.713 bits per heavy atom. The summed E-state index contributed by atoms with van der Waals surface area (Å²) >= 11 is 42.3. The fourth-order valence-corrected chi connectivity index (χ4v) is 22.1. The van der Waals surface area contributed by atoms with E-state index in [-0.39, 0.29) is 71.0 Å². The molecule has 0 aliphatic carbocycles. The maximum absolute atomic E-state index is 13.7. The Bertz CT molecular complexity index is 4510. The second-order valence-electron chi connectivity index (χ2n) is 26.6. The highest BCUT2D eigenvalue weighted by Crippen LogP contribution is 2.46. The van der Waals surface area contributed by atoms with Crippen LogP contribution in [0.2, 0.25) is 0 Å². The molecule has 6 atom stereocenters. The van der Waals surface area contributed by atoms with Gasteiger partial charge in [0.25, 0.3) is 0 Å². The minimum Gasteiger partial charge on any atom is -0.382 e. The van der Waals surface area contributed by atoms with Gasteiger partial charge in [-0.1, -0.05) is 31.9 Å². The van der Waals surface area contributed by atoms with Gasteiger partial charge >= 0.3 is 0 Å². The van der Waals surface area contributed by atoms with Crippen LogP contribution < -0.4 is 34.7 Å². The number of halogens is 19. The van der Waals surface area contributed by atoms with E-state index >= 15 is 0 Å². The molecule has 0 saturated carbocycles. The fourth-order valence-electron chi connectivity index (χ4n) is 13.6. The lowest BCUT2D eigenvalue weighted by Gasteiger charge is -2.35. The van der Waals surface area contributed by atoms with Crippen molar-refractivity contribution in [1.82, 2.24) is 0 Å². The number of nitrogens with zero attached hydrogens (tertiary/aromatic N) is 6. The molecule has 0 saturated heterocycles. The molecular formula is C76H72Br13F6N7O6. The summed E-state index contributed by atoms with van der Waals surface area (Å²) in [5.74, 6) is -1.71. The van der Waals surface area contributed by atoms with Gasteiger partial charge in [0.2, 0.25) is 38.0 Å². The van der Waals surface area contributed by atoms with Crippen LogP contribution in [-0.4, -0.2) is 80.8 Å². The summed E-state index contributed by atoms with van der Waals surface area (Å²) in [6.45, 7) is 14.4. The average molecular weight is 2330 g/mol. The van der Waals surface area contributed by atoms with Crippen molar-refractivity contribution in [2.75, 3.05) is 41.3 Å². The van der Waals surface area contributed by atoms with E-state index in [4.69, 9.17) is 0 Å². The molecule has 0 radical (unpaired) electrons. The topological polar surface area (TPSA) is 134 Å². The molecule has 0 spiro atoms. The van der Waals surface area contributed by atoms with Gasteiger partial charge in [-0.3, -0.25) is 28.8 Å². The van der Waals surface area contributed by atoms with Crippen LogP contribution in [0.4, 0.5) is 66.2 Å². The van der Waals surface area contributed by atoms with Crippen LogP contribution in [0.5, 0.6) is 0 Å². The average Bonchev–Trinajstić information content (AvgIpc) is 0.801. The standard InChI is InChI=1S/C12H12Br2FNO.2C11H10Br2FNO.C11H11Br2NO.C11H11BrFNO.C10H8Br2FNO.C10H10Br2FN/c1-6-3-4-8-10(16(6)7(2)17)5-9(13)12(15)11(8)14;2*1-6-2-3-7-9(15(6)5-16)4-8(12)11(14)10(7)13;1-7-2-3-9-10(13)4-8(12)5-11(9)14(7)6-15;1-7-2-3-8-10(14(7)6-15)5-4-9(13)11(8)12;11-7-4-8-6(9(12)10(7)13)2-1-3-14(8)5-15;1-5-2-3-6-8(14-5)4-7(11)10(13)9(6)12/h5-6H,3-4H2,1-2H3;2*4-6H,2-3H2,1H3;2*4-7H,2-3H2,1H3;4-5H,1-3H2;4-5,14H,2-3H2,1H3. The first kappa shape index (κ1) is 90.5. The smallest absolute Gasteiger partial charge is 0.224 e. The highest BCUT2D eigenvalue weighted by Gasteiger charge is 2.33. The van der Waals surface area contributed by atoms with Gasteiger partial charge in [0.1, 0.15) is 5.82 Å². The molecule has 6 unspecified atom stereocenters. The van der Waals surface area contributed by atoms with Crippen molar-refractivity contribution in [3.8, 4) is 0 Å². The zero-order valence-corrected chi connectivity index (χ0v) is 79.6. The van der Waals surface area contributed by atoms with Crippen LogP contribution in [0.15, 0.2) is 113 Å². The number of amides is 6. The van der Waals surface area contributed by atoms with Crippen molar-refractivity contribution in [2.45, 2.75) is 175 Å². The number of carbonyl (C=O) groups excluding carboxylic acids is 6. The Balaban J connectivity index is 0.000000159. The third-order valence-corrected chi connectivity index (χ3v) is 28.6. The Morgan fingerprint density at radius 1 is 0.370 bits per heavy atom. The fraction of sp³-hybridized carbons (Fsp3) is 0.368. The second kappa shape index (κ2) is 40.5. The molecule has 14 rings (SSSR count). The SMILES string of the molecule is CC(=O)N1c2cc(Br)c(F)c(Br)c2CCC1C.CC1CCc2c(Br)cc(Br)cc2N1C=O.CC1CCc2c(cc(Br)c(F)c2Br)N1.CC1CCc2c(cc(Br)c(F)c2Br)N1C=O.CC1CCc2c(cc(Br)c(F)c2Br)N1C=O.CC1CCc2c(ccc(F)c2Br)N1C=O.O=CN1CCCc2c1cc(Br)c(F)c2Br. The quantitative estimate of drug-likeness (QED) is 0.103. The molecule has 7 aliphatic rings. The highest BCUT2D eigenvalue weighted by atomic mass is 79.9. The van der Waals surface area contributed by atoms with Gasteiger partial charge in [-0.15, -0.1) is 0 Å². The number of anilines is 7. The van der Waals surface area contributed by atoms with Crippen molar-refractivity contribution in [3.05, 3.63) is 187 Å². The Hall–Kier alpha value is -3.02. The monoisotopic (exact) mass is 2320 g/mol. The summed E-state index contributed by atoms with van der Waals surface area (Å²) in [6.07, 6.45) is 16.4. The Kier molecular flexibility index (Phi) is 34.0. The molecule has 7 aliphatic heterocycles.